The molecule has 2 rings (SSSR count). The number of hydrogen-bond donors (Lipinski definition) is 2. The number of ketones is 2. The van der Waals surface area contributed by atoms with Gasteiger partial charge in [-0.3, -0.25) is 14.4 Å². The van der Waals surface area contributed by atoms with Gasteiger partial charge in [0.15, 0.2) is 11.6 Å². The first-order valence-corrected chi connectivity index (χ1v) is 9.95. The summed E-state index contributed by atoms with van der Waals surface area (Å²) in [5.74, 6) is -1.32. The fraction of sp³-hybridized carbons (Fsp3) is 0.591. The van der Waals surface area contributed by atoms with Crippen LogP contribution in [0.1, 0.15) is 31.7 Å². The van der Waals surface area contributed by atoms with Gasteiger partial charge < -0.3 is 20.5 Å². The minimum absolute atomic E-state index is 0.0354. The van der Waals surface area contributed by atoms with Crippen molar-refractivity contribution < 1.29 is 23.9 Å². The first-order valence-electron chi connectivity index (χ1n) is 9.95. The molecule has 0 heterocycles. The minimum atomic E-state index is -0.792. The van der Waals surface area contributed by atoms with E-state index in [1.165, 1.54) is 14.2 Å². The van der Waals surface area contributed by atoms with Crippen LogP contribution in [-0.2, 0) is 30.3 Å². The Balaban J connectivity index is 2.10. The molecule has 0 unspecified atom stereocenters. The van der Waals surface area contributed by atoms with Gasteiger partial charge in [-0.1, -0.05) is 37.3 Å². The van der Waals surface area contributed by atoms with Crippen LogP contribution in [0.2, 0.25) is 0 Å². The highest BCUT2D eigenvalue weighted by Gasteiger charge is 2.48. The quantitative estimate of drug-likeness (QED) is 0.513. The van der Waals surface area contributed by atoms with Crippen molar-refractivity contribution >= 4 is 17.5 Å². The van der Waals surface area contributed by atoms with Crippen LogP contribution in [0, 0.1) is 11.3 Å². The number of amides is 1. The number of benzene rings is 1. The van der Waals surface area contributed by atoms with E-state index in [0.717, 1.165) is 18.4 Å². The van der Waals surface area contributed by atoms with Crippen LogP contribution in [0.15, 0.2) is 30.3 Å². The highest BCUT2D eigenvalue weighted by atomic mass is 16.5. The Morgan fingerprint density at radius 3 is 2.28 bits per heavy atom. The zero-order chi connectivity index (χ0) is 21.4. The molecule has 1 aromatic carbocycles. The van der Waals surface area contributed by atoms with Gasteiger partial charge in [-0.25, -0.2) is 0 Å². The van der Waals surface area contributed by atoms with Gasteiger partial charge in [0, 0.05) is 26.1 Å². The maximum absolute atomic E-state index is 13.0. The predicted molar refractivity (Wildman–Crippen MR) is 109 cm³/mol. The molecule has 1 aliphatic rings. The average molecular weight is 405 g/mol. The summed E-state index contributed by atoms with van der Waals surface area (Å²) in [6.07, 6.45) is 2.02. The second kappa shape index (κ2) is 10.6. The SMILES string of the molecule is COC[C@H](CC(=O)[C@@H](N)COC)C(=O)N[C@@H](Cc1ccccc1)C(=O)C1(C)CC1. The van der Waals surface area contributed by atoms with Crippen molar-refractivity contribution in [2.45, 2.75) is 44.7 Å². The summed E-state index contributed by atoms with van der Waals surface area (Å²) in [6.45, 7) is 2.09. The van der Waals surface area contributed by atoms with Crippen LogP contribution in [0.25, 0.3) is 0 Å². The van der Waals surface area contributed by atoms with E-state index in [4.69, 9.17) is 15.2 Å². The Labute approximate surface area is 172 Å². The summed E-state index contributed by atoms with van der Waals surface area (Å²) < 4.78 is 10.0. The summed E-state index contributed by atoms with van der Waals surface area (Å²) in [5, 5.41) is 2.88. The van der Waals surface area contributed by atoms with E-state index in [1.54, 1.807) is 0 Å². The molecular weight excluding hydrogens is 372 g/mol. The second-order valence-corrected chi connectivity index (χ2v) is 8.06. The standard InChI is InChI=1S/C22H32N2O5/c1-22(9-10-22)20(26)18(11-15-7-5-4-6-8-15)24-21(27)16(13-28-2)12-19(25)17(23)14-29-3/h4-8,16-18H,9-14,23H2,1-3H3,(H,24,27)/t16-,17-,18-/m0/s1. The van der Waals surface area contributed by atoms with Gasteiger partial charge >= 0.3 is 0 Å². The molecule has 3 N–H and O–H groups in total. The molecule has 1 saturated carbocycles. The van der Waals surface area contributed by atoms with Crippen molar-refractivity contribution in [3.8, 4) is 0 Å². The van der Waals surface area contributed by atoms with Crippen LogP contribution in [0.3, 0.4) is 0 Å². The van der Waals surface area contributed by atoms with Gasteiger partial charge in [0.2, 0.25) is 5.91 Å². The Bertz CT molecular complexity index is 702. The van der Waals surface area contributed by atoms with Crippen molar-refractivity contribution in [3.05, 3.63) is 35.9 Å². The van der Waals surface area contributed by atoms with E-state index >= 15 is 0 Å². The monoisotopic (exact) mass is 404 g/mol. The Hall–Kier alpha value is -2.09. The Kier molecular flexibility index (Phi) is 8.49. The van der Waals surface area contributed by atoms with E-state index in [-0.39, 0.29) is 42.5 Å². The van der Waals surface area contributed by atoms with Crippen LogP contribution in [-0.4, -0.2) is 57.0 Å². The molecule has 3 atom stereocenters. The largest absolute Gasteiger partial charge is 0.384 e. The van der Waals surface area contributed by atoms with Crippen LogP contribution >= 0.6 is 0 Å². The first-order chi connectivity index (χ1) is 13.8. The molecule has 1 fully saturated rings. The van der Waals surface area contributed by atoms with Gasteiger partial charge in [-0.15, -0.1) is 0 Å². The van der Waals surface area contributed by atoms with Gasteiger partial charge in [-0.2, -0.15) is 0 Å². The molecule has 0 aromatic heterocycles. The van der Waals surface area contributed by atoms with Crippen molar-refractivity contribution in [2.75, 3.05) is 27.4 Å². The number of hydrogen-bond acceptors (Lipinski definition) is 6. The minimum Gasteiger partial charge on any atom is -0.384 e. The lowest BCUT2D eigenvalue weighted by Gasteiger charge is -2.24. The number of Topliss-reactive ketones (excluding diaryl/α,β-unsaturated/α-hetero) is 2. The molecule has 29 heavy (non-hydrogen) atoms. The molecule has 0 aliphatic heterocycles. The molecular formula is C22H32N2O5. The van der Waals surface area contributed by atoms with Crippen molar-refractivity contribution in [3.63, 3.8) is 0 Å². The third-order valence-electron chi connectivity index (χ3n) is 5.46. The van der Waals surface area contributed by atoms with E-state index in [0.29, 0.717) is 6.42 Å². The molecule has 1 amide bonds. The lowest BCUT2D eigenvalue weighted by Crippen LogP contribution is -2.49. The molecule has 0 bridgehead atoms. The lowest BCUT2D eigenvalue weighted by atomic mass is 9.91. The molecule has 0 spiro atoms. The van der Waals surface area contributed by atoms with Gasteiger partial charge in [0.1, 0.15) is 0 Å². The van der Waals surface area contributed by atoms with E-state index in [9.17, 15) is 14.4 Å². The average Bonchev–Trinajstić information content (AvgIpc) is 3.46. The van der Waals surface area contributed by atoms with Crippen LogP contribution in [0.5, 0.6) is 0 Å². The molecule has 160 valence electrons. The van der Waals surface area contributed by atoms with Crippen LogP contribution < -0.4 is 11.1 Å². The number of ether oxygens (including phenoxy) is 2. The maximum atomic E-state index is 13.0. The number of carbonyl (C=O) groups excluding carboxylic acids is 3. The molecule has 7 nitrogen and oxygen atoms in total. The third kappa shape index (κ3) is 6.73. The van der Waals surface area contributed by atoms with Gasteiger partial charge in [0.25, 0.3) is 0 Å². The molecule has 1 aromatic rings. The molecule has 1 aliphatic carbocycles. The normalized spacial score (nSPS) is 17.8. The summed E-state index contributed by atoms with van der Waals surface area (Å²) in [5.41, 5.74) is 6.38. The number of nitrogens with two attached hydrogens (primary N) is 1. The zero-order valence-electron chi connectivity index (χ0n) is 17.5. The van der Waals surface area contributed by atoms with E-state index < -0.39 is 18.0 Å². The smallest absolute Gasteiger partial charge is 0.226 e. The Morgan fingerprint density at radius 1 is 1.10 bits per heavy atom. The third-order valence-corrected chi connectivity index (χ3v) is 5.46. The van der Waals surface area contributed by atoms with Gasteiger partial charge in [0.05, 0.1) is 31.2 Å². The highest BCUT2D eigenvalue weighted by molar-refractivity contribution is 5.96. The molecule has 7 heteroatoms. The number of carbonyl (C=O) groups is 3. The van der Waals surface area contributed by atoms with E-state index in [2.05, 4.69) is 5.32 Å². The Morgan fingerprint density at radius 2 is 1.72 bits per heavy atom. The van der Waals surface area contributed by atoms with Crippen molar-refractivity contribution in [1.82, 2.24) is 5.32 Å². The summed E-state index contributed by atoms with van der Waals surface area (Å²) in [7, 11) is 2.93. The number of nitrogens with one attached hydrogen (secondary N) is 1. The fourth-order valence-electron chi connectivity index (χ4n) is 3.30. The number of rotatable bonds is 13. The van der Waals surface area contributed by atoms with Crippen LogP contribution in [0.4, 0.5) is 0 Å². The predicted octanol–water partition coefficient (Wildman–Crippen LogP) is 1.28. The summed E-state index contributed by atoms with van der Waals surface area (Å²) in [4.78, 5) is 38.2. The maximum Gasteiger partial charge on any atom is 0.226 e. The first kappa shape index (κ1) is 23.2. The van der Waals surface area contributed by atoms with Crippen molar-refractivity contribution in [1.29, 1.82) is 0 Å². The topological polar surface area (TPSA) is 108 Å². The highest BCUT2D eigenvalue weighted by Crippen LogP contribution is 2.46. The second-order valence-electron chi connectivity index (χ2n) is 8.06. The number of methoxy groups -OCH3 is 2. The summed E-state index contributed by atoms with van der Waals surface area (Å²) in [6, 6.07) is 8.15. The lowest BCUT2D eigenvalue weighted by molar-refractivity contribution is -0.135. The zero-order valence-corrected chi connectivity index (χ0v) is 17.5. The fourth-order valence-corrected chi connectivity index (χ4v) is 3.30. The molecule has 0 saturated heterocycles. The molecule has 0 radical (unpaired) electrons. The van der Waals surface area contributed by atoms with E-state index in [1.807, 2.05) is 37.3 Å². The van der Waals surface area contributed by atoms with Crippen molar-refractivity contribution in [2.24, 2.45) is 17.1 Å². The van der Waals surface area contributed by atoms with Gasteiger partial charge in [-0.05, 0) is 24.8 Å². The summed E-state index contributed by atoms with van der Waals surface area (Å²) >= 11 is 0.